The van der Waals surface area contributed by atoms with Crippen molar-refractivity contribution in [1.82, 2.24) is 9.78 Å². The van der Waals surface area contributed by atoms with Gasteiger partial charge in [-0.15, -0.1) is 0 Å². The van der Waals surface area contributed by atoms with Crippen molar-refractivity contribution >= 4 is 21.6 Å². The Kier molecular flexibility index (Phi) is 4.70. The molecule has 8 heteroatoms. The van der Waals surface area contributed by atoms with Gasteiger partial charge in [-0.2, -0.15) is 5.10 Å². The van der Waals surface area contributed by atoms with Crippen molar-refractivity contribution in [2.45, 2.75) is 12.6 Å². The van der Waals surface area contributed by atoms with Gasteiger partial charge >= 0.3 is 5.69 Å². The average molecular weight is 342 g/mol. The number of para-hydroxylation sites is 1. The molecule has 0 aliphatic carbocycles. The number of halogens is 1. The van der Waals surface area contributed by atoms with Gasteiger partial charge in [0, 0.05) is 0 Å². The number of aliphatic hydroxyl groups is 1. The Morgan fingerprint density at radius 2 is 2.25 bits per heavy atom. The second kappa shape index (κ2) is 6.49. The molecule has 20 heavy (non-hydrogen) atoms. The topological polar surface area (TPSA) is 90.4 Å². The number of aliphatic hydroxyl groups excluding tert-OH is 1. The zero-order chi connectivity index (χ0) is 14.5. The molecule has 0 amide bonds. The molecule has 1 aromatic carbocycles. The summed E-state index contributed by atoms with van der Waals surface area (Å²) < 4.78 is 7.56. The fourth-order valence-electron chi connectivity index (χ4n) is 1.56. The van der Waals surface area contributed by atoms with Crippen LogP contribution >= 0.6 is 15.9 Å². The summed E-state index contributed by atoms with van der Waals surface area (Å²) in [5.74, 6) is 0.623. The number of rotatable bonds is 6. The molecule has 0 saturated heterocycles. The highest BCUT2D eigenvalue weighted by atomic mass is 79.9. The molecule has 2 aromatic rings. The number of ether oxygens (including phenoxy) is 1. The van der Waals surface area contributed by atoms with E-state index in [1.165, 1.54) is 10.9 Å². The van der Waals surface area contributed by atoms with Crippen molar-refractivity contribution in [3.8, 4) is 5.75 Å². The second-order valence-corrected chi connectivity index (χ2v) is 4.93. The van der Waals surface area contributed by atoms with Crippen LogP contribution < -0.4 is 4.74 Å². The second-order valence-electron chi connectivity index (χ2n) is 4.07. The third-order valence-electron chi connectivity index (χ3n) is 2.50. The highest BCUT2D eigenvalue weighted by Crippen LogP contribution is 2.23. The van der Waals surface area contributed by atoms with Crippen molar-refractivity contribution in [2.75, 3.05) is 6.61 Å². The lowest BCUT2D eigenvalue weighted by Crippen LogP contribution is -2.23. The highest BCUT2D eigenvalue weighted by molar-refractivity contribution is 9.10. The van der Waals surface area contributed by atoms with Gasteiger partial charge in [-0.1, -0.05) is 12.1 Å². The van der Waals surface area contributed by atoms with E-state index in [9.17, 15) is 15.2 Å². The molecule has 2 rings (SSSR count). The summed E-state index contributed by atoms with van der Waals surface area (Å²) in [6, 6.07) is 7.29. The Balaban J connectivity index is 1.87. The first-order valence-corrected chi connectivity index (χ1v) is 6.58. The lowest BCUT2D eigenvalue weighted by molar-refractivity contribution is -0.385. The molecule has 0 radical (unpaired) electrons. The molecule has 0 saturated carbocycles. The highest BCUT2D eigenvalue weighted by Gasteiger charge is 2.12. The van der Waals surface area contributed by atoms with E-state index in [2.05, 4.69) is 21.0 Å². The van der Waals surface area contributed by atoms with Crippen LogP contribution in [0.4, 0.5) is 5.69 Å². The molecule has 1 N–H and O–H groups in total. The fraction of sp³-hybridized carbons (Fsp3) is 0.250. The van der Waals surface area contributed by atoms with Crippen molar-refractivity contribution in [1.29, 1.82) is 0 Å². The van der Waals surface area contributed by atoms with Crippen LogP contribution in [0.5, 0.6) is 5.75 Å². The Morgan fingerprint density at radius 1 is 1.50 bits per heavy atom. The molecule has 0 aliphatic heterocycles. The van der Waals surface area contributed by atoms with E-state index in [0.29, 0.717) is 5.75 Å². The molecule has 0 aliphatic rings. The molecule has 1 aromatic heterocycles. The zero-order valence-electron chi connectivity index (χ0n) is 10.3. The number of hydrogen-bond donors (Lipinski definition) is 1. The molecule has 1 atom stereocenters. The summed E-state index contributed by atoms with van der Waals surface area (Å²) in [6.45, 7) is 0.189. The standard InChI is InChI=1S/C12H12BrN3O4/c13-11-3-1-2-4-12(11)20-8-10(17)7-15-6-9(5-14-15)16(18)19/h1-6,10,17H,7-8H2. The summed E-state index contributed by atoms with van der Waals surface area (Å²) in [7, 11) is 0. The van der Waals surface area contributed by atoms with Crippen LogP contribution in [0.15, 0.2) is 41.1 Å². The molecule has 0 spiro atoms. The number of hydrogen-bond acceptors (Lipinski definition) is 5. The van der Waals surface area contributed by atoms with E-state index in [1.54, 1.807) is 6.07 Å². The first-order valence-electron chi connectivity index (χ1n) is 5.78. The maximum Gasteiger partial charge on any atom is 0.306 e. The zero-order valence-corrected chi connectivity index (χ0v) is 11.9. The minimum absolute atomic E-state index is 0.0657. The summed E-state index contributed by atoms with van der Waals surface area (Å²) in [6.07, 6.45) is 1.59. The van der Waals surface area contributed by atoms with Crippen molar-refractivity contribution < 1.29 is 14.8 Å². The summed E-state index contributed by atoms with van der Waals surface area (Å²) in [5, 5.41) is 24.1. The molecule has 106 valence electrons. The minimum atomic E-state index is -0.818. The lowest BCUT2D eigenvalue weighted by atomic mass is 10.3. The van der Waals surface area contributed by atoms with E-state index in [0.717, 1.165) is 10.7 Å². The number of nitro groups is 1. The van der Waals surface area contributed by atoms with Gasteiger partial charge in [0.05, 0.1) is 15.9 Å². The number of nitrogens with zero attached hydrogens (tertiary/aromatic N) is 3. The van der Waals surface area contributed by atoms with E-state index in [-0.39, 0.29) is 18.8 Å². The van der Waals surface area contributed by atoms with Gasteiger partial charge in [-0.25, -0.2) is 0 Å². The lowest BCUT2D eigenvalue weighted by Gasteiger charge is -2.13. The molecule has 1 unspecified atom stereocenters. The Morgan fingerprint density at radius 3 is 2.90 bits per heavy atom. The van der Waals surface area contributed by atoms with Gasteiger partial charge in [0.15, 0.2) is 0 Å². The van der Waals surface area contributed by atoms with Gasteiger partial charge in [0.25, 0.3) is 0 Å². The molecule has 1 heterocycles. The van der Waals surface area contributed by atoms with E-state index in [4.69, 9.17) is 4.74 Å². The minimum Gasteiger partial charge on any atom is -0.490 e. The van der Waals surface area contributed by atoms with Gasteiger partial charge in [0.2, 0.25) is 0 Å². The van der Waals surface area contributed by atoms with E-state index in [1.807, 2.05) is 18.2 Å². The van der Waals surface area contributed by atoms with Crippen molar-refractivity contribution in [3.63, 3.8) is 0 Å². The number of aromatic nitrogens is 2. The van der Waals surface area contributed by atoms with E-state index < -0.39 is 11.0 Å². The predicted octanol–water partition coefficient (Wildman–Crippen LogP) is 1.99. The Bertz CT molecular complexity index is 602. The largest absolute Gasteiger partial charge is 0.490 e. The normalized spacial score (nSPS) is 12.1. The van der Waals surface area contributed by atoms with Crippen molar-refractivity contribution in [2.24, 2.45) is 0 Å². The van der Waals surface area contributed by atoms with Gasteiger partial charge < -0.3 is 9.84 Å². The maximum atomic E-state index is 10.5. The molecular weight excluding hydrogens is 330 g/mol. The Labute approximate surface area is 123 Å². The molecular formula is C12H12BrN3O4. The van der Waals surface area contributed by atoms with Crippen molar-refractivity contribution in [3.05, 3.63) is 51.2 Å². The molecule has 7 nitrogen and oxygen atoms in total. The third kappa shape index (κ3) is 3.78. The quantitative estimate of drug-likeness (QED) is 0.640. The average Bonchev–Trinajstić information content (AvgIpc) is 2.86. The smallest absolute Gasteiger partial charge is 0.306 e. The Hall–Kier alpha value is -1.93. The first kappa shape index (κ1) is 14.5. The summed E-state index contributed by atoms with van der Waals surface area (Å²) in [5.41, 5.74) is -0.107. The fourth-order valence-corrected chi connectivity index (χ4v) is 1.96. The van der Waals surface area contributed by atoms with Crippen LogP contribution in [0, 0.1) is 10.1 Å². The number of benzene rings is 1. The van der Waals surface area contributed by atoms with Gasteiger partial charge in [0.1, 0.15) is 30.9 Å². The molecule has 0 fully saturated rings. The van der Waals surface area contributed by atoms with Crippen LogP contribution in [0.1, 0.15) is 0 Å². The van der Waals surface area contributed by atoms with Gasteiger partial charge in [-0.05, 0) is 28.1 Å². The first-order chi connectivity index (χ1) is 9.56. The van der Waals surface area contributed by atoms with Crippen LogP contribution in [0.3, 0.4) is 0 Å². The van der Waals surface area contributed by atoms with Gasteiger partial charge in [-0.3, -0.25) is 14.8 Å². The monoisotopic (exact) mass is 341 g/mol. The van der Waals surface area contributed by atoms with Crippen LogP contribution in [0.2, 0.25) is 0 Å². The SMILES string of the molecule is O=[N+]([O-])c1cnn(CC(O)COc2ccccc2Br)c1. The van der Waals surface area contributed by atoms with Crippen LogP contribution in [-0.4, -0.2) is 32.5 Å². The summed E-state index contributed by atoms with van der Waals surface area (Å²) >= 11 is 3.33. The summed E-state index contributed by atoms with van der Waals surface area (Å²) in [4.78, 5) is 9.97. The predicted molar refractivity (Wildman–Crippen MR) is 74.5 cm³/mol. The van der Waals surface area contributed by atoms with E-state index >= 15 is 0 Å². The van der Waals surface area contributed by atoms with Crippen LogP contribution in [-0.2, 0) is 6.54 Å². The maximum absolute atomic E-state index is 10.5. The van der Waals surface area contributed by atoms with Crippen LogP contribution in [0.25, 0.3) is 0 Å². The third-order valence-corrected chi connectivity index (χ3v) is 3.15. The molecule has 0 bridgehead atoms.